The van der Waals surface area contributed by atoms with E-state index in [1.807, 2.05) is 12.1 Å². The number of aliphatic hydroxyl groups excluding tert-OH is 1. The maximum atomic E-state index is 10.0. The summed E-state index contributed by atoms with van der Waals surface area (Å²) in [5.41, 5.74) is 3.71. The fraction of sp³-hybridized carbons (Fsp3) is 0.333. The molecular weight excluding hydrogens is 232 g/mol. The molecule has 1 atom stereocenters. The molecule has 19 heavy (non-hydrogen) atoms. The van der Waals surface area contributed by atoms with Crippen molar-refractivity contribution < 1.29 is 5.11 Å². The van der Waals surface area contributed by atoms with Gasteiger partial charge in [0.05, 0.1) is 6.10 Å². The minimum Gasteiger partial charge on any atom is -0.388 e. The minimum absolute atomic E-state index is 0.318. The highest BCUT2D eigenvalue weighted by atomic mass is 16.3. The molecule has 2 rings (SSSR count). The van der Waals surface area contributed by atoms with E-state index in [1.54, 1.807) is 0 Å². The quantitative estimate of drug-likeness (QED) is 0.814. The molecule has 1 heteroatoms. The van der Waals surface area contributed by atoms with Crippen LogP contribution in [0.5, 0.6) is 0 Å². The SMILES string of the molecule is CCCC(O)c1cccc(CCc2ccccc2)c1. The number of hydrogen-bond acceptors (Lipinski definition) is 1. The van der Waals surface area contributed by atoms with Gasteiger partial charge in [0.2, 0.25) is 0 Å². The van der Waals surface area contributed by atoms with E-state index in [2.05, 4.69) is 49.4 Å². The van der Waals surface area contributed by atoms with E-state index in [0.717, 1.165) is 31.2 Å². The normalized spacial score (nSPS) is 12.3. The van der Waals surface area contributed by atoms with Crippen molar-refractivity contribution in [3.05, 3.63) is 71.3 Å². The first kappa shape index (κ1) is 13.8. The maximum Gasteiger partial charge on any atom is 0.0790 e. The van der Waals surface area contributed by atoms with E-state index in [-0.39, 0.29) is 6.10 Å². The average molecular weight is 254 g/mol. The van der Waals surface area contributed by atoms with E-state index in [0.29, 0.717) is 0 Å². The van der Waals surface area contributed by atoms with Gasteiger partial charge in [0, 0.05) is 0 Å². The van der Waals surface area contributed by atoms with Crippen molar-refractivity contribution in [2.24, 2.45) is 0 Å². The summed E-state index contributed by atoms with van der Waals surface area (Å²) in [6, 6.07) is 18.9. The highest BCUT2D eigenvalue weighted by Crippen LogP contribution is 2.20. The Labute approximate surface area is 115 Å². The zero-order valence-electron chi connectivity index (χ0n) is 11.5. The van der Waals surface area contributed by atoms with E-state index in [1.165, 1.54) is 11.1 Å². The molecule has 0 saturated carbocycles. The van der Waals surface area contributed by atoms with Gasteiger partial charge in [-0.25, -0.2) is 0 Å². The van der Waals surface area contributed by atoms with Crippen molar-refractivity contribution in [3.8, 4) is 0 Å². The van der Waals surface area contributed by atoms with Crippen molar-refractivity contribution in [3.63, 3.8) is 0 Å². The number of hydrogen-bond donors (Lipinski definition) is 1. The molecule has 1 nitrogen and oxygen atoms in total. The van der Waals surface area contributed by atoms with Crippen molar-refractivity contribution in [2.45, 2.75) is 38.7 Å². The van der Waals surface area contributed by atoms with Gasteiger partial charge in [-0.2, -0.15) is 0 Å². The Morgan fingerprint density at radius 1 is 0.895 bits per heavy atom. The van der Waals surface area contributed by atoms with E-state index in [4.69, 9.17) is 0 Å². The van der Waals surface area contributed by atoms with Crippen LogP contribution in [0.1, 0.15) is 42.6 Å². The minimum atomic E-state index is -0.318. The van der Waals surface area contributed by atoms with Crippen LogP contribution in [0, 0.1) is 0 Å². The fourth-order valence-corrected chi connectivity index (χ4v) is 2.33. The number of rotatable bonds is 6. The summed E-state index contributed by atoms with van der Waals surface area (Å²) >= 11 is 0. The molecule has 0 aliphatic heterocycles. The van der Waals surface area contributed by atoms with Gasteiger partial charge in [-0.1, -0.05) is 67.9 Å². The Kier molecular flexibility index (Phi) is 5.17. The summed E-state index contributed by atoms with van der Waals surface area (Å²) in [6.45, 7) is 2.10. The summed E-state index contributed by atoms with van der Waals surface area (Å²) < 4.78 is 0. The zero-order chi connectivity index (χ0) is 13.5. The predicted octanol–water partition coefficient (Wildman–Crippen LogP) is 4.31. The Morgan fingerprint density at radius 3 is 2.32 bits per heavy atom. The molecule has 0 saturated heterocycles. The van der Waals surface area contributed by atoms with Crippen molar-refractivity contribution >= 4 is 0 Å². The molecule has 0 spiro atoms. The molecule has 1 N–H and O–H groups in total. The third-order valence-corrected chi connectivity index (χ3v) is 3.44. The van der Waals surface area contributed by atoms with Gasteiger partial charge >= 0.3 is 0 Å². The second-order valence-corrected chi connectivity index (χ2v) is 5.04. The molecule has 2 aromatic carbocycles. The average Bonchev–Trinajstić information content (AvgIpc) is 2.47. The first-order chi connectivity index (χ1) is 9.29. The first-order valence-corrected chi connectivity index (χ1v) is 7.10. The largest absolute Gasteiger partial charge is 0.388 e. The van der Waals surface area contributed by atoms with Gasteiger partial charge in [0.1, 0.15) is 0 Å². The molecule has 0 aliphatic carbocycles. The summed E-state index contributed by atoms with van der Waals surface area (Å²) in [7, 11) is 0. The highest BCUT2D eigenvalue weighted by Gasteiger charge is 2.06. The van der Waals surface area contributed by atoms with Crippen LogP contribution in [0.4, 0.5) is 0 Å². The highest BCUT2D eigenvalue weighted by molar-refractivity contribution is 5.26. The van der Waals surface area contributed by atoms with Crippen LogP contribution in [0.2, 0.25) is 0 Å². The lowest BCUT2D eigenvalue weighted by atomic mass is 9.99. The van der Waals surface area contributed by atoms with Crippen molar-refractivity contribution in [1.82, 2.24) is 0 Å². The lowest BCUT2D eigenvalue weighted by Crippen LogP contribution is -1.98. The van der Waals surface area contributed by atoms with Crippen LogP contribution in [0.3, 0.4) is 0 Å². The predicted molar refractivity (Wildman–Crippen MR) is 80.2 cm³/mol. The monoisotopic (exact) mass is 254 g/mol. The van der Waals surface area contributed by atoms with Crippen molar-refractivity contribution in [1.29, 1.82) is 0 Å². The molecule has 2 aromatic rings. The third-order valence-electron chi connectivity index (χ3n) is 3.44. The molecule has 0 bridgehead atoms. The van der Waals surface area contributed by atoms with E-state index < -0.39 is 0 Å². The number of benzene rings is 2. The van der Waals surface area contributed by atoms with Gasteiger partial charge in [-0.3, -0.25) is 0 Å². The Bertz CT molecular complexity index is 490. The van der Waals surface area contributed by atoms with Crippen LogP contribution >= 0.6 is 0 Å². The van der Waals surface area contributed by atoms with E-state index in [9.17, 15) is 5.11 Å². The van der Waals surface area contributed by atoms with Crippen LogP contribution < -0.4 is 0 Å². The lowest BCUT2D eigenvalue weighted by molar-refractivity contribution is 0.166. The zero-order valence-corrected chi connectivity index (χ0v) is 11.5. The van der Waals surface area contributed by atoms with Gasteiger partial charge in [-0.05, 0) is 36.0 Å². The molecule has 0 aliphatic rings. The molecule has 1 unspecified atom stereocenters. The summed E-state index contributed by atoms with van der Waals surface area (Å²) in [5, 5.41) is 10.0. The van der Waals surface area contributed by atoms with E-state index >= 15 is 0 Å². The molecule has 0 heterocycles. The summed E-state index contributed by atoms with van der Waals surface area (Å²) in [5.74, 6) is 0. The molecular formula is C18H22O. The number of aryl methyl sites for hydroxylation is 2. The van der Waals surface area contributed by atoms with Crippen LogP contribution in [0.15, 0.2) is 54.6 Å². The molecule has 0 fully saturated rings. The third kappa shape index (κ3) is 4.22. The summed E-state index contributed by atoms with van der Waals surface area (Å²) in [6.07, 6.45) is 3.60. The van der Waals surface area contributed by atoms with Crippen LogP contribution in [-0.4, -0.2) is 5.11 Å². The topological polar surface area (TPSA) is 20.2 Å². The smallest absolute Gasteiger partial charge is 0.0790 e. The van der Waals surface area contributed by atoms with Gasteiger partial charge in [0.15, 0.2) is 0 Å². The first-order valence-electron chi connectivity index (χ1n) is 7.10. The maximum absolute atomic E-state index is 10.0. The van der Waals surface area contributed by atoms with Gasteiger partial charge in [0.25, 0.3) is 0 Å². The summed E-state index contributed by atoms with van der Waals surface area (Å²) in [4.78, 5) is 0. The van der Waals surface area contributed by atoms with Crippen molar-refractivity contribution in [2.75, 3.05) is 0 Å². The fourth-order valence-electron chi connectivity index (χ4n) is 2.33. The van der Waals surface area contributed by atoms with Gasteiger partial charge < -0.3 is 5.11 Å². The van der Waals surface area contributed by atoms with Crippen LogP contribution in [0.25, 0.3) is 0 Å². The number of aliphatic hydroxyl groups is 1. The van der Waals surface area contributed by atoms with Crippen LogP contribution in [-0.2, 0) is 12.8 Å². The standard InChI is InChI=1S/C18H22O/c1-2-7-18(19)17-11-6-10-16(14-17)13-12-15-8-4-3-5-9-15/h3-6,8-11,14,18-19H,2,7,12-13H2,1H3. The molecule has 100 valence electrons. The van der Waals surface area contributed by atoms with Gasteiger partial charge in [-0.15, -0.1) is 0 Å². The molecule has 0 radical (unpaired) electrons. The Balaban J connectivity index is 1.99. The molecule has 0 amide bonds. The lowest BCUT2D eigenvalue weighted by Gasteiger charge is -2.11. The second kappa shape index (κ2) is 7.10. The Morgan fingerprint density at radius 2 is 1.58 bits per heavy atom. The second-order valence-electron chi connectivity index (χ2n) is 5.04. The molecule has 0 aromatic heterocycles. The Hall–Kier alpha value is -1.60.